The number of furan rings is 1. The third-order valence-electron chi connectivity index (χ3n) is 5.16. The molecular weight excluding hydrogens is 406 g/mol. The summed E-state index contributed by atoms with van der Waals surface area (Å²) in [6.07, 6.45) is 0. The van der Waals surface area contributed by atoms with Crippen LogP contribution in [0.25, 0.3) is 11.3 Å². The molecule has 2 aromatic carbocycles. The summed E-state index contributed by atoms with van der Waals surface area (Å²) in [6, 6.07) is 16.0. The van der Waals surface area contributed by atoms with Crippen LogP contribution < -0.4 is 4.90 Å². The Morgan fingerprint density at radius 3 is 2.43 bits per heavy atom. The molecule has 0 radical (unpaired) electrons. The number of nitro benzene ring substituents is 1. The van der Waals surface area contributed by atoms with E-state index in [1.165, 1.54) is 6.07 Å². The molecule has 1 aliphatic rings. The molecule has 0 aliphatic carbocycles. The largest absolute Gasteiger partial charge is 0.461 e. The predicted octanol–water partition coefficient (Wildman–Crippen LogP) is 4.78. The second kappa shape index (κ2) is 8.20. The highest BCUT2D eigenvalue weighted by molar-refractivity contribution is 6.30. The minimum absolute atomic E-state index is 0.0286. The Balaban J connectivity index is 1.52. The Hall–Kier alpha value is -3.32. The third-order valence-corrected chi connectivity index (χ3v) is 5.40. The standard InChI is InChI=1S/C22H20ClN3O4/c1-15-13-18(21(30-15)16-5-3-2-4-6-16)22(27)25-11-9-24(10-12-25)19-8-7-17(23)14-20(19)26(28)29/h2-8,13-14H,9-12H2,1H3. The monoisotopic (exact) mass is 425 g/mol. The van der Waals surface area contributed by atoms with Gasteiger partial charge in [0.25, 0.3) is 11.6 Å². The molecule has 0 N–H and O–H groups in total. The molecule has 0 saturated carbocycles. The van der Waals surface area contributed by atoms with E-state index in [9.17, 15) is 14.9 Å². The van der Waals surface area contributed by atoms with Crippen molar-refractivity contribution in [1.82, 2.24) is 4.90 Å². The number of rotatable bonds is 4. The number of nitrogens with zero attached hydrogens (tertiary/aromatic N) is 3. The van der Waals surface area contributed by atoms with Crippen LogP contribution in [0.2, 0.25) is 5.02 Å². The molecule has 0 bridgehead atoms. The molecule has 1 aliphatic heterocycles. The summed E-state index contributed by atoms with van der Waals surface area (Å²) in [7, 11) is 0. The molecule has 0 spiro atoms. The van der Waals surface area contributed by atoms with Crippen molar-refractivity contribution in [3.63, 3.8) is 0 Å². The van der Waals surface area contributed by atoms with E-state index in [-0.39, 0.29) is 11.6 Å². The Labute approximate surface area is 178 Å². The highest BCUT2D eigenvalue weighted by atomic mass is 35.5. The predicted molar refractivity (Wildman–Crippen MR) is 115 cm³/mol. The van der Waals surface area contributed by atoms with Gasteiger partial charge in [0.05, 0.1) is 10.5 Å². The number of hydrogen-bond donors (Lipinski definition) is 0. The number of carbonyl (C=O) groups excluding carboxylic acids is 1. The third kappa shape index (κ3) is 3.89. The summed E-state index contributed by atoms with van der Waals surface area (Å²) in [6.45, 7) is 3.71. The summed E-state index contributed by atoms with van der Waals surface area (Å²) >= 11 is 5.91. The second-order valence-corrected chi connectivity index (χ2v) is 7.57. The zero-order valence-corrected chi connectivity index (χ0v) is 17.1. The number of amides is 1. The maximum atomic E-state index is 13.2. The number of anilines is 1. The van der Waals surface area contributed by atoms with Crippen molar-refractivity contribution in [3.05, 3.63) is 81.1 Å². The Kier molecular flexibility index (Phi) is 5.46. The molecule has 0 unspecified atom stereocenters. The van der Waals surface area contributed by atoms with Crippen molar-refractivity contribution in [1.29, 1.82) is 0 Å². The lowest BCUT2D eigenvalue weighted by atomic mass is 10.1. The molecule has 1 aromatic heterocycles. The lowest BCUT2D eigenvalue weighted by molar-refractivity contribution is -0.384. The van der Waals surface area contributed by atoms with Gasteiger partial charge in [0.1, 0.15) is 17.2 Å². The Bertz CT molecular complexity index is 1090. The number of carbonyl (C=O) groups is 1. The normalized spacial score (nSPS) is 14.1. The van der Waals surface area contributed by atoms with E-state index >= 15 is 0 Å². The van der Waals surface area contributed by atoms with Crippen molar-refractivity contribution in [2.24, 2.45) is 0 Å². The van der Waals surface area contributed by atoms with Crippen molar-refractivity contribution < 1.29 is 14.1 Å². The van der Waals surface area contributed by atoms with Crippen molar-refractivity contribution >= 4 is 28.9 Å². The van der Waals surface area contributed by atoms with E-state index in [1.54, 1.807) is 23.1 Å². The first-order valence-electron chi connectivity index (χ1n) is 9.58. The van der Waals surface area contributed by atoms with Gasteiger partial charge in [-0.25, -0.2) is 0 Å². The van der Waals surface area contributed by atoms with E-state index < -0.39 is 4.92 Å². The molecule has 1 fully saturated rings. The van der Waals surface area contributed by atoms with Crippen molar-refractivity contribution in [3.8, 4) is 11.3 Å². The fourth-order valence-electron chi connectivity index (χ4n) is 3.71. The average molecular weight is 426 g/mol. The summed E-state index contributed by atoms with van der Waals surface area (Å²) < 4.78 is 5.81. The SMILES string of the molecule is Cc1cc(C(=O)N2CCN(c3ccc(Cl)cc3[N+](=O)[O-])CC2)c(-c2ccccc2)o1. The minimum atomic E-state index is -0.431. The molecule has 4 rings (SSSR count). The quantitative estimate of drug-likeness (QED) is 0.444. The molecule has 0 atom stereocenters. The number of aryl methyl sites for hydroxylation is 1. The molecular formula is C22H20ClN3O4. The van der Waals surface area contributed by atoms with Crippen LogP contribution in [0.4, 0.5) is 11.4 Å². The summed E-state index contributed by atoms with van der Waals surface area (Å²) in [5.41, 5.74) is 1.87. The highest BCUT2D eigenvalue weighted by Gasteiger charge is 2.29. The Morgan fingerprint density at radius 1 is 1.07 bits per heavy atom. The number of piperazine rings is 1. The van der Waals surface area contributed by atoms with Gasteiger partial charge in [-0.15, -0.1) is 0 Å². The maximum Gasteiger partial charge on any atom is 0.294 e. The molecule has 2 heterocycles. The van der Waals surface area contributed by atoms with Crippen LogP contribution in [-0.4, -0.2) is 41.9 Å². The highest BCUT2D eigenvalue weighted by Crippen LogP contribution is 2.32. The van der Waals surface area contributed by atoms with E-state index in [4.69, 9.17) is 16.0 Å². The van der Waals surface area contributed by atoms with Crippen LogP contribution in [0.5, 0.6) is 0 Å². The molecule has 8 heteroatoms. The smallest absolute Gasteiger partial charge is 0.294 e. The zero-order chi connectivity index (χ0) is 21.3. The van der Waals surface area contributed by atoms with Gasteiger partial charge in [0.15, 0.2) is 0 Å². The number of nitro groups is 1. The zero-order valence-electron chi connectivity index (χ0n) is 16.4. The van der Waals surface area contributed by atoms with Crippen LogP contribution in [0.1, 0.15) is 16.1 Å². The topological polar surface area (TPSA) is 79.8 Å². The lowest BCUT2D eigenvalue weighted by Gasteiger charge is -2.35. The Morgan fingerprint density at radius 2 is 1.77 bits per heavy atom. The first-order valence-corrected chi connectivity index (χ1v) is 9.96. The van der Waals surface area contributed by atoms with E-state index in [2.05, 4.69) is 0 Å². The lowest BCUT2D eigenvalue weighted by Crippen LogP contribution is -2.49. The van der Waals surface area contributed by atoms with Gasteiger partial charge < -0.3 is 14.2 Å². The van der Waals surface area contributed by atoms with E-state index in [0.29, 0.717) is 54.0 Å². The van der Waals surface area contributed by atoms with Crippen molar-refractivity contribution in [2.75, 3.05) is 31.1 Å². The average Bonchev–Trinajstić information content (AvgIpc) is 3.15. The number of halogens is 1. The van der Waals surface area contributed by atoms with Gasteiger partial charge in [-0.1, -0.05) is 41.9 Å². The molecule has 1 saturated heterocycles. The van der Waals surface area contributed by atoms with Gasteiger partial charge in [0, 0.05) is 42.8 Å². The summed E-state index contributed by atoms with van der Waals surface area (Å²) in [4.78, 5) is 27.8. The summed E-state index contributed by atoms with van der Waals surface area (Å²) in [5, 5.41) is 11.7. The fourth-order valence-corrected chi connectivity index (χ4v) is 3.87. The fraction of sp³-hybridized carbons (Fsp3) is 0.227. The minimum Gasteiger partial charge on any atom is -0.461 e. The van der Waals surface area contributed by atoms with Gasteiger partial charge >= 0.3 is 0 Å². The number of hydrogen-bond acceptors (Lipinski definition) is 5. The van der Waals surface area contributed by atoms with Crippen molar-refractivity contribution in [2.45, 2.75) is 6.92 Å². The first-order chi connectivity index (χ1) is 14.4. The van der Waals surface area contributed by atoms with Crippen LogP contribution in [0.15, 0.2) is 59.0 Å². The van der Waals surface area contributed by atoms with Crippen LogP contribution >= 0.6 is 11.6 Å². The van der Waals surface area contributed by atoms with Gasteiger partial charge in [-0.3, -0.25) is 14.9 Å². The van der Waals surface area contributed by atoms with Gasteiger partial charge in [-0.05, 0) is 25.1 Å². The second-order valence-electron chi connectivity index (χ2n) is 7.14. The molecule has 3 aromatic rings. The van der Waals surface area contributed by atoms with Crippen LogP contribution in [0.3, 0.4) is 0 Å². The molecule has 7 nitrogen and oxygen atoms in total. The maximum absolute atomic E-state index is 13.2. The summed E-state index contributed by atoms with van der Waals surface area (Å²) in [5.74, 6) is 1.14. The van der Waals surface area contributed by atoms with E-state index in [1.807, 2.05) is 42.2 Å². The molecule has 1 amide bonds. The van der Waals surface area contributed by atoms with Crippen LogP contribution in [0, 0.1) is 17.0 Å². The number of benzene rings is 2. The first kappa shape index (κ1) is 20.0. The van der Waals surface area contributed by atoms with Gasteiger partial charge in [0.2, 0.25) is 0 Å². The molecule has 154 valence electrons. The van der Waals surface area contributed by atoms with E-state index in [0.717, 1.165) is 5.56 Å². The molecule has 30 heavy (non-hydrogen) atoms. The van der Waals surface area contributed by atoms with Crippen LogP contribution in [-0.2, 0) is 0 Å². The van der Waals surface area contributed by atoms with Gasteiger partial charge in [-0.2, -0.15) is 0 Å².